The number of amides is 1. The van der Waals surface area contributed by atoms with E-state index in [2.05, 4.69) is 21.4 Å². The fourth-order valence-corrected chi connectivity index (χ4v) is 3.70. The Kier molecular flexibility index (Phi) is 7.12. The normalized spacial score (nSPS) is 13.2. The summed E-state index contributed by atoms with van der Waals surface area (Å²) < 4.78 is 10.9. The zero-order chi connectivity index (χ0) is 22.2. The third-order valence-electron chi connectivity index (χ3n) is 5.45. The molecule has 3 aromatic rings. The Morgan fingerprint density at radius 1 is 1.00 bits per heavy atom. The summed E-state index contributed by atoms with van der Waals surface area (Å²) >= 11 is 0. The topological polar surface area (TPSA) is 73.3 Å². The first kappa shape index (κ1) is 21.6. The van der Waals surface area contributed by atoms with Crippen LogP contribution in [0.2, 0.25) is 0 Å². The van der Waals surface area contributed by atoms with E-state index in [9.17, 15) is 4.79 Å². The summed E-state index contributed by atoms with van der Waals surface area (Å²) in [5.41, 5.74) is 3.76. The van der Waals surface area contributed by atoms with E-state index in [1.165, 1.54) is 18.4 Å². The van der Waals surface area contributed by atoms with Gasteiger partial charge in [-0.25, -0.2) is 9.97 Å². The van der Waals surface area contributed by atoms with Gasteiger partial charge < -0.3 is 14.8 Å². The first-order valence-electron chi connectivity index (χ1n) is 10.9. The zero-order valence-electron chi connectivity index (χ0n) is 18.2. The molecule has 0 saturated carbocycles. The third kappa shape index (κ3) is 5.72. The van der Waals surface area contributed by atoms with Gasteiger partial charge in [-0.15, -0.1) is 0 Å². The molecule has 164 valence electrons. The summed E-state index contributed by atoms with van der Waals surface area (Å²) in [6, 6.07) is 15.0. The molecule has 0 fully saturated rings. The molecule has 1 aliphatic rings. The highest BCUT2D eigenvalue weighted by Gasteiger charge is 2.10. The van der Waals surface area contributed by atoms with E-state index >= 15 is 0 Å². The average molecular weight is 430 g/mol. The summed E-state index contributed by atoms with van der Waals surface area (Å²) in [4.78, 5) is 21.2. The number of ether oxygens (including phenoxy) is 2. The molecule has 1 heterocycles. The minimum atomic E-state index is -0.0674. The average Bonchev–Trinajstić information content (AvgIpc) is 2.85. The van der Waals surface area contributed by atoms with Crippen LogP contribution in [0.1, 0.15) is 42.5 Å². The molecule has 1 aromatic heterocycles. The molecular weight excluding hydrogens is 402 g/mol. The number of hydrogen-bond donors (Lipinski definition) is 1. The van der Waals surface area contributed by atoms with Crippen LogP contribution < -0.4 is 14.8 Å². The van der Waals surface area contributed by atoms with Crippen molar-refractivity contribution in [3.63, 3.8) is 0 Å². The predicted octanol–water partition coefficient (Wildman–Crippen LogP) is 5.56. The SMILES string of the molecule is COc1cccc(Oc2ncc(-c3cccc(C(=O)NCCC4=CCCCC4)c3)cn2)c1. The predicted molar refractivity (Wildman–Crippen MR) is 124 cm³/mol. The van der Waals surface area contributed by atoms with Gasteiger partial charge in [0, 0.05) is 36.1 Å². The summed E-state index contributed by atoms with van der Waals surface area (Å²) in [5, 5.41) is 3.03. The Bertz CT molecular complexity index is 1090. The minimum absolute atomic E-state index is 0.0674. The van der Waals surface area contributed by atoms with Gasteiger partial charge in [-0.05, 0) is 61.9 Å². The second-order valence-electron chi connectivity index (χ2n) is 7.73. The number of hydrogen-bond acceptors (Lipinski definition) is 5. The van der Waals surface area contributed by atoms with Gasteiger partial charge in [-0.2, -0.15) is 0 Å². The van der Waals surface area contributed by atoms with Crippen molar-refractivity contribution in [1.82, 2.24) is 15.3 Å². The van der Waals surface area contributed by atoms with Crippen LogP contribution in [0.15, 0.2) is 72.6 Å². The van der Waals surface area contributed by atoms with Gasteiger partial charge in [0.25, 0.3) is 5.91 Å². The van der Waals surface area contributed by atoms with Gasteiger partial charge in [0.2, 0.25) is 0 Å². The molecular formula is C26H27N3O3. The van der Waals surface area contributed by atoms with Gasteiger partial charge in [-0.3, -0.25) is 4.79 Å². The quantitative estimate of drug-likeness (QED) is 0.474. The van der Waals surface area contributed by atoms with Crippen molar-refractivity contribution in [3.05, 3.63) is 78.1 Å². The van der Waals surface area contributed by atoms with Crippen molar-refractivity contribution in [3.8, 4) is 28.6 Å². The van der Waals surface area contributed by atoms with E-state index in [4.69, 9.17) is 9.47 Å². The Balaban J connectivity index is 1.37. The lowest BCUT2D eigenvalue weighted by atomic mass is 9.97. The van der Waals surface area contributed by atoms with Crippen LogP contribution >= 0.6 is 0 Å². The summed E-state index contributed by atoms with van der Waals surface area (Å²) in [6.45, 7) is 0.661. The van der Waals surface area contributed by atoms with E-state index in [0.29, 0.717) is 23.6 Å². The van der Waals surface area contributed by atoms with Gasteiger partial charge >= 0.3 is 6.01 Å². The fraction of sp³-hybridized carbons (Fsp3) is 0.269. The summed E-state index contributed by atoms with van der Waals surface area (Å²) in [5.74, 6) is 1.23. The van der Waals surface area contributed by atoms with Crippen LogP contribution in [0.4, 0.5) is 0 Å². The molecule has 0 saturated heterocycles. The van der Waals surface area contributed by atoms with Crippen molar-refractivity contribution in [2.45, 2.75) is 32.1 Å². The lowest BCUT2D eigenvalue weighted by Crippen LogP contribution is -2.24. The van der Waals surface area contributed by atoms with E-state index in [1.807, 2.05) is 42.5 Å². The molecule has 0 unspecified atom stereocenters. The van der Waals surface area contributed by atoms with Gasteiger partial charge in [0.15, 0.2) is 0 Å². The van der Waals surface area contributed by atoms with Gasteiger partial charge in [0.05, 0.1) is 7.11 Å². The highest BCUT2D eigenvalue weighted by atomic mass is 16.5. The zero-order valence-corrected chi connectivity index (χ0v) is 18.2. The second-order valence-corrected chi connectivity index (χ2v) is 7.73. The number of carbonyl (C=O) groups is 1. The maximum absolute atomic E-state index is 12.6. The van der Waals surface area contributed by atoms with E-state index in [-0.39, 0.29) is 11.9 Å². The molecule has 0 atom stereocenters. The molecule has 1 N–H and O–H groups in total. The van der Waals surface area contributed by atoms with Crippen molar-refractivity contribution < 1.29 is 14.3 Å². The smallest absolute Gasteiger partial charge is 0.321 e. The molecule has 0 aliphatic heterocycles. The summed E-state index contributed by atoms with van der Waals surface area (Å²) in [6.07, 6.45) is 11.5. The molecule has 6 nitrogen and oxygen atoms in total. The maximum Gasteiger partial charge on any atom is 0.321 e. The van der Waals surface area contributed by atoms with Gasteiger partial charge in [-0.1, -0.05) is 29.8 Å². The number of methoxy groups -OCH3 is 1. The number of aromatic nitrogens is 2. The second kappa shape index (κ2) is 10.6. The molecule has 0 spiro atoms. The minimum Gasteiger partial charge on any atom is -0.497 e. The maximum atomic E-state index is 12.6. The molecule has 32 heavy (non-hydrogen) atoms. The number of benzene rings is 2. The molecule has 4 rings (SSSR count). The van der Waals surface area contributed by atoms with Crippen LogP contribution in [0.25, 0.3) is 11.1 Å². The highest BCUT2D eigenvalue weighted by Crippen LogP contribution is 2.25. The standard InChI is InChI=1S/C26H27N3O3/c1-31-23-11-6-12-24(16-23)32-26-28-17-22(18-29-26)20-9-5-10-21(15-20)25(30)27-14-13-19-7-3-2-4-8-19/h5-7,9-12,15-18H,2-4,8,13-14H2,1H3,(H,27,30). The number of nitrogens with one attached hydrogen (secondary N) is 1. The molecule has 0 bridgehead atoms. The Morgan fingerprint density at radius 2 is 1.81 bits per heavy atom. The largest absolute Gasteiger partial charge is 0.497 e. The Morgan fingerprint density at radius 3 is 2.59 bits per heavy atom. The van der Waals surface area contributed by atoms with Crippen LogP contribution in [-0.4, -0.2) is 29.5 Å². The van der Waals surface area contributed by atoms with Gasteiger partial charge in [0.1, 0.15) is 11.5 Å². The van der Waals surface area contributed by atoms with Crippen LogP contribution in [0.3, 0.4) is 0 Å². The molecule has 2 aromatic carbocycles. The lowest BCUT2D eigenvalue weighted by molar-refractivity contribution is 0.0954. The lowest BCUT2D eigenvalue weighted by Gasteiger charge is -2.13. The van der Waals surface area contributed by atoms with Crippen LogP contribution in [0, 0.1) is 0 Å². The Labute approximate surface area is 188 Å². The fourth-order valence-electron chi connectivity index (χ4n) is 3.70. The van der Waals surface area contributed by atoms with Crippen molar-refractivity contribution >= 4 is 5.91 Å². The van der Waals surface area contributed by atoms with E-state index in [0.717, 1.165) is 30.4 Å². The number of allylic oxidation sites excluding steroid dienone is 1. The van der Waals surface area contributed by atoms with Crippen molar-refractivity contribution in [2.24, 2.45) is 0 Å². The molecule has 1 aliphatic carbocycles. The van der Waals surface area contributed by atoms with Crippen LogP contribution in [0.5, 0.6) is 17.5 Å². The highest BCUT2D eigenvalue weighted by molar-refractivity contribution is 5.95. The van der Waals surface area contributed by atoms with E-state index < -0.39 is 0 Å². The van der Waals surface area contributed by atoms with Crippen LogP contribution in [-0.2, 0) is 0 Å². The molecule has 1 amide bonds. The number of carbonyl (C=O) groups excluding carboxylic acids is 1. The number of rotatable bonds is 8. The third-order valence-corrected chi connectivity index (χ3v) is 5.45. The van der Waals surface area contributed by atoms with E-state index in [1.54, 1.807) is 25.6 Å². The number of nitrogens with zero attached hydrogens (tertiary/aromatic N) is 2. The van der Waals surface area contributed by atoms with Crippen molar-refractivity contribution in [2.75, 3.05) is 13.7 Å². The molecule has 6 heteroatoms. The summed E-state index contributed by atoms with van der Waals surface area (Å²) in [7, 11) is 1.60. The van der Waals surface area contributed by atoms with Crippen molar-refractivity contribution in [1.29, 1.82) is 0 Å². The Hall–Kier alpha value is -3.67. The first-order valence-corrected chi connectivity index (χ1v) is 10.9. The first-order chi connectivity index (χ1) is 15.7. The molecule has 0 radical (unpaired) electrons. The monoisotopic (exact) mass is 429 g/mol.